The van der Waals surface area contributed by atoms with E-state index in [2.05, 4.69) is 5.32 Å². The van der Waals surface area contributed by atoms with Crippen molar-refractivity contribution in [2.45, 2.75) is 31.8 Å². The first-order valence-corrected chi connectivity index (χ1v) is 8.64. The third kappa shape index (κ3) is 4.28. The molecule has 0 spiro atoms. The van der Waals surface area contributed by atoms with Crippen LogP contribution in [0.15, 0.2) is 24.3 Å². The Bertz CT molecular complexity index is 622. The van der Waals surface area contributed by atoms with Crippen molar-refractivity contribution in [3.8, 4) is 0 Å². The first kappa shape index (κ1) is 18.8. The number of rotatable bonds is 4. The van der Waals surface area contributed by atoms with E-state index >= 15 is 0 Å². The minimum Gasteiger partial charge on any atom is -0.328 e. The number of thioether (sulfide) groups is 1. The molecule has 2 unspecified atom stereocenters. The van der Waals surface area contributed by atoms with E-state index < -0.39 is 0 Å². The molecule has 6 nitrogen and oxygen atoms in total. The summed E-state index contributed by atoms with van der Waals surface area (Å²) >= 11 is 1.03. The van der Waals surface area contributed by atoms with Gasteiger partial charge in [-0.05, 0) is 37.0 Å². The van der Waals surface area contributed by atoms with Crippen molar-refractivity contribution in [2.75, 3.05) is 11.1 Å². The van der Waals surface area contributed by atoms with Gasteiger partial charge in [0.1, 0.15) is 0 Å². The molecule has 1 aliphatic carbocycles. The van der Waals surface area contributed by atoms with Gasteiger partial charge in [-0.15, -0.1) is 12.4 Å². The number of hydrogen-bond acceptors (Lipinski definition) is 5. The second-order valence-corrected chi connectivity index (χ2v) is 6.92. The van der Waals surface area contributed by atoms with E-state index in [1.54, 1.807) is 12.1 Å². The maximum Gasteiger partial charge on any atom is 0.289 e. The summed E-state index contributed by atoms with van der Waals surface area (Å²) in [5.74, 6) is 0.0553. The maximum atomic E-state index is 12.1. The number of carbonyl (C=O) groups excluding carboxylic acids is 3. The molecule has 2 atom stereocenters. The zero-order valence-electron chi connectivity index (χ0n) is 13.1. The molecular weight excluding hydrogens is 350 g/mol. The zero-order valence-corrected chi connectivity index (χ0v) is 14.7. The summed E-state index contributed by atoms with van der Waals surface area (Å²) in [4.78, 5) is 36.6. The first-order valence-electron chi connectivity index (χ1n) is 7.65. The molecule has 3 N–H and O–H groups in total. The average molecular weight is 370 g/mol. The lowest BCUT2D eigenvalue weighted by Crippen LogP contribution is -2.27. The number of nitrogens with two attached hydrogens (primary N) is 1. The summed E-state index contributed by atoms with van der Waals surface area (Å²) in [5, 5.41) is 2.69. The number of imide groups is 1. The van der Waals surface area contributed by atoms with E-state index in [1.165, 1.54) is 4.90 Å². The summed E-state index contributed by atoms with van der Waals surface area (Å²) in [6.45, 7) is 0.274. The molecule has 8 heteroatoms. The quantitative estimate of drug-likeness (QED) is 0.849. The van der Waals surface area contributed by atoms with Crippen LogP contribution in [0.25, 0.3) is 0 Å². The van der Waals surface area contributed by atoms with E-state index in [4.69, 9.17) is 5.73 Å². The number of benzene rings is 1. The summed E-state index contributed by atoms with van der Waals surface area (Å²) in [6, 6.07) is 7.35. The lowest BCUT2D eigenvalue weighted by molar-refractivity contribution is -0.125. The van der Waals surface area contributed by atoms with Gasteiger partial charge in [0.05, 0.1) is 12.3 Å². The fraction of sp³-hybridized carbons (Fsp3) is 0.438. The summed E-state index contributed by atoms with van der Waals surface area (Å²) < 4.78 is 0. The highest BCUT2D eigenvalue weighted by atomic mass is 35.5. The molecule has 3 amide bonds. The molecule has 0 bridgehead atoms. The maximum absolute atomic E-state index is 12.1. The van der Waals surface area contributed by atoms with Crippen LogP contribution in [0.3, 0.4) is 0 Å². The minimum atomic E-state index is -0.204. The van der Waals surface area contributed by atoms with Crippen molar-refractivity contribution in [3.05, 3.63) is 29.8 Å². The van der Waals surface area contributed by atoms with Gasteiger partial charge >= 0.3 is 0 Å². The zero-order chi connectivity index (χ0) is 16.4. The molecule has 1 saturated heterocycles. The Morgan fingerprint density at radius 2 is 1.96 bits per heavy atom. The number of amides is 3. The largest absolute Gasteiger partial charge is 0.328 e. The lowest BCUT2D eigenvalue weighted by Gasteiger charge is -2.14. The Balaban J connectivity index is 0.00000208. The van der Waals surface area contributed by atoms with E-state index in [0.29, 0.717) is 5.69 Å². The Hall–Kier alpha value is -1.57. The van der Waals surface area contributed by atoms with Crippen molar-refractivity contribution in [3.63, 3.8) is 0 Å². The van der Waals surface area contributed by atoms with Crippen molar-refractivity contribution in [2.24, 2.45) is 11.7 Å². The molecular formula is C16H20ClN3O3S. The highest BCUT2D eigenvalue weighted by molar-refractivity contribution is 8.14. The first-order chi connectivity index (χ1) is 11.0. The van der Waals surface area contributed by atoms with Crippen molar-refractivity contribution < 1.29 is 14.4 Å². The molecule has 1 aliphatic heterocycles. The Morgan fingerprint density at radius 3 is 2.50 bits per heavy atom. The second kappa shape index (κ2) is 8.00. The third-order valence-corrected chi connectivity index (χ3v) is 5.11. The summed E-state index contributed by atoms with van der Waals surface area (Å²) in [5.41, 5.74) is 7.41. The molecule has 130 valence electrons. The molecule has 3 rings (SSSR count). The summed E-state index contributed by atoms with van der Waals surface area (Å²) in [6.07, 6.45) is 2.47. The van der Waals surface area contributed by atoms with Gasteiger partial charge in [-0.3, -0.25) is 19.3 Å². The molecule has 1 aromatic rings. The standard InChI is InChI=1S/C16H19N3O3S.ClH/c17-12-4-3-11(7-12)15(21)18-13-5-1-10(2-6-13)8-19-14(20)9-23-16(19)22;/h1-2,5-6,11-12H,3-4,7-9,17H2,(H,18,21);1H. The van der Waals surface area contributed by atoms with Crippen LogP contribution in [0.4, 0.5) is 10.5 Å². The van der Waals surface area contributed by atoms with Crippen LogP contribution in [0, 0.1) is 5.92 Å². The Morgan fingerprint density at radius 1 is 1.25 bits per heavy atom. The van der Waals surface area contributed by atoms with E-state index in [1.807, 2.05) is 12.1 Å². The number of carbonyl (C=O) groups is 3. The van der Waals surface area contributed by atoms with Gasteiger partial charge < -0.3 is 11.1 Å². The van der Waals surface area contributed by atoms with Gasteiger partial charge in [-0.1, -0.05) is 23.9 Å². The van der Waals surface area contributed by atoms with Crippen LogP contribution in [-0.2, 0) is 16.1 Å². The van der Waals surface area contributed by atoms with Gasteiger partial charge in [0.15, 0.2) is 0 Å². The number of nitrogens with one attached hydrogen (secondary N) is 1. The van der Waals surface area contributed by atoms with Crippen LogP contribution in [0.1, 0.15) is 24.8 Å². The number of halogens is 1. The lowest BCUT2D eigenvalue weighted by atomic mass is 10.1. The highest BCUT2D eigenvalue weighted by Gasteiger charge is 2.30. The highest BCUT2D eigenvalue weighted by Crippen LogP contribution is 2.26. The predicted octanol–water partition coefficient (Wildman–Crippen LogP) is 2.37. The SMILES string of the molecule is Cl.NC1CCC(C(=O)Nc2ccc(CN3C(=O)CSC3=O)cc2)C1. The van der Waals surface area contributed by atoms with E-state index in [-0.39, 0.29) is 53.7 Å². The van der Waals surface area contributed by atoms with Crippen LogP contribution in [0.5, 0.6) is 0 Å². The van der Waals surface area contributed by atoms with Gasteiger partial charge in [-0.2, -0.15) is 0 Å². The number of nitrogens with zero attached hydrogens (tertiary/aromatic N) is 1. The second-order valence-electron chi connectivity index (χ2n) is 5.99. The van der Waals surface area contributed by atoms with Crippen molar-refractivity contribution in [1.29, 1.82) is 0 Å². The van der Waals surface area contributed by atoms with Crippen LogP contribution in [0.2, 0.25) is 0 Å². The normalized spacial score (nSPS) is 23.3. The molecule has 2 fully saturated rings. The molecule has 0 radical (unpaired) electrons. The fourth-order valence-corrected chi connectivity index (χ4v) is 3.63. The van der Waals surface area contributed by atoms with Crippen LogP contribution >= 0.6 is 24.2 Å². The van der Waals surface area contributed by atoms with Gasteiger partial charge in [0.2, 0.25) is 11.8 Å². The Labute approximate surface area is 150 Å². The topological polar surface area (TPSA) is 92.5 Å². The number of anilines is 1. The monoisotopic (exact) mass is 369 g/mol. The smallest absolute Gasteiger partial charge is 0.289 e. The van der Waals surface area contributed by atoms with Crippen LogP contribution in [-0.4, -0.2) is 33.7 Å². The van der Waals surface area contributed by atoms with Gasteiger partial charge in [-0.25, -0.2) is 0 Å². The molecule has 24 heavy (non-hydrogen) atoms. The average Bonchev–Trinajstić information content (AvgIpc) is 3.10. The molecule has 0 aromatic heterocycles. The van der Waals surface area contributed by atoms with Gasteiger partial charge in [0, 0.05) is 17.6 Å². The third-order valence-electron chi connectivity index (χ3n) is 4.25. The van der Waals surface area contributed by atoms with Gasteiger partial charge in [0.25, 0.3) is 5.24 Å². The van der Waals surface area contributed by atoms with Crippen molar-refractivity contribution >= 4 is 46.9 Å². The molecule has 1 aromatic carbocycles. The van der Waals surface area contributed by atoms with Crippen LogP contribution < -0.4 is 11.1 Å². The van der Waals surface area contributed by atoms with E-state index in [0.717, 1.165) is 36.6 Å². The van der Waals surface area contributed by atoms with E-state index in [9.17, 15) is 14.4 Å². The fourth-order valence-electron chi connectivity index (χ4n) is 2.91. The molecule has 1 saturated carbocycles. The molecule has 2 aliphatic rings. The molecule has 1 heterocycles. The Kier molecular flexibility index (Phi) is 6.26. The minimum absolute atomic E-state index is 0. The summed E-state index contributed by atoms with van der Waals surface area (Å²) in [7, 11) is 0. The van der Waals surface area contributed by atoms with Crippen molar-refractivity contribution in [1.82, 2.24) is 4.90 Å². The number of hydrogen-bond donors (Lipinski definition) is 2. The predicted molar refractivity (Wildman–Crippen MR) is 96.0 cm³/mol.